The van der Waals surface area contributed by atoms with Gasteiger partial charge in [-0.05, 0) is 42.3 Å². The van der Waals surface area contributed by atoms with E-state index in [4.69, 9.17) is 9.47 Å². The Morgan fingerprint density at radius 3 is 2.58 bits per heavy atom. The number of carboxylic acid groups (broad SMARTS) is 1. The third-order valence-electron chi connectivity index (χ3n) is 5.67. The molecule has 2 heterocycles. The summed E-state index contributed by atoms with van der Waals surface area (Å²) >= 11 is 0. The Hall–Kier alpha value is -3.38. The molecule has 1 aliphatic heterocycles. The van der Waals surface area contributed by atoms with E-state index in [9.17, 15) is 9.90 Å². The van der Waals surface area contributed by atoms with Gasteiger partial charge >= 0.3 is 5.97 Å². The maximum atomic E-state index is 11.4. The molecule has 1 saturated heterocycles. The molecule has 0 atom stereocenters. The fourth-order valence-electron chi connectivity index (χ4n) is 3.98. The van der Waals surface area contributed by atoms with E-state index in [1.54, 1.807) is 7.11 Å². The lowest BCUT2D eigenvalue weighted by atomic mass is 9.74. The van der Waals surface area contributed by atoms with Crippen LogP contribution in [-0.4, -0.2) is 36.4 Å². The van der Waals surface area contributed by atoms with Gasteiger partial charge in [-0.3, -0.25) is 4.79 Å². The molecule has 0 radical (unpaired) electrons. The first-order chi connectivity index (χ1) is 15.0. The topological polar surface area (TPSA) is 80.7 Å². The lowest BCUT2D eigenvalue weighted by Crippen LogP contribution is -2.48. The predicted octanol–water partition coefficient (Wildman–Crippen LogP) is 4.42. The number of rotatable bonds is 8. The Bertz CT molecular complexity index is 1080. The zero-order valence-electron chi connectivity index (χ0n) is 17.7. The molecule has 6 nitrogen and oxygen atoms in total. The van der Waals surface area contributed by atoms with Gasteiger partial charge in [0, 0.05) is 23.9 Å². The number of aryl methyl sites for hydroxylation is 1. The van der Waals surface area contributed by atoms with E-state index >= 15 is 0 Å². The summed E-state index contributed by atoms with van der Waals surface area (Å²) in [6.07, 6.45) is 1.83. The van der Waals surface area contributed by atoms with E-state index in [1.165, 1.54) is 11.1 Å². The van der Waals surface area contributed by atoms with Crippen molar-refractivity contribution in [2.75, 3.05) is 25.6 Å². The van der Waals surface area contributed by atoms with Crippen molar-refractivity contribution in [1.82, 2.24) is 4.98 Å². The van der Waals surface area contributed by atoms with Crippen LogP contribution in [0, 0.1) is 6.92 Å². The van der Waals surface area contributed by atoms with Gasteiger partial charge in [-0.2, -0.15) is 0 Å². The highest BCUT2D eigenvalue weighted by Crippen LogP contribution is 2.42. The van der Waals surface area contributed by atoms with Crippen LogP contribution >= 0.6 is 0 Å². The Morgan fingerprint density at radius 2 is 1.97 bits per heavy atom. The lowest BCUT2D eigenvalue weighted by Gasteiger charge is -2.41. The summed E-state index contributed by atoms with van der Waals surface area (Å²) in [4.78, 5) is 16.0. The van der Waals surface area contributed by atoms with Crippen molar-refractivity contribution in [3.05, 3.63) is 77.5 Å². The summed E-state index contributed by atoms with van der Waals surface area (Å²) in [5, 5.41) is 12.7. The largest absolute Gasteiger partial charge is 0.496 e. The molecule has 1 aliphatic rings. The second kappa shape index (κ2) is 8.78. The Kier molecular flexibility index (Phi) is 5.91. The fraction of sp³-hybridized carbons (Fsp3) is 0.280. The second-order valence-corrected chi connectivity index (χ2v) is 8.03. The molecule has 0 bridgehead atoms. The van der Waals surface area contributed by atoms with Crippen molar-refractivity contribution in [1.29, 1.82) is 0 Å². The van der Waals surface area contributed by atoms with Crippen molar-refractivity contribution in [2.24, 2.45) is 0 Å². The molecular weight excluding hydrogens is 392 g/mol. The maximum absolute atomic E-state index is 11.4. The Balaban J connectivity index is 1.55. The molecule has 6 heteroatoms. The maximum Gasteiger partial charge on any atom is 0.304 e. The summed E-state index contributed by atoms with van der Waals surface area (Å²) in [6.45, 7) is 3.53. The minimum atomic E-state index is -0.846. The highest BCUT2D eigenvalue weighted by atomic mass is 16.5. The molecule has 1 aromatic heterocycles. The first kappa shape index (κ1) is 20.9. The van der Waals surface area contributed by atoms with Gasteiger partial charge in [0.15, 0.2) is 0 Å². The number of carbonyl (C=O) groups is 1. The number of nitrogens with one attached hydrogen (secondary N) is 1. The second-order valence-electron chi connectivity index (χ2n) is 8.03. The van der Waals surface area contributed by atoms with Crippen molar-refractivity contribution >= 4 is 11.8 Å². The molecule has 0 aliphatic carbocycles. The van der Waals surface area contributed by atoms with Crippen molar-refractivity contribution in [3.8, 4) is 16.9 Å². The minimum Gasteiger partial charge on any atom is -0.496 e. The molecule has 0 unspecified atom stereocenters. The van der Waals surface area contributed by atoms with Gasteiger partial charge < -0.3 is 19.9 Å². The van der Waals surface area contributed by atoms with Crippen LogP contribution in [0.5, 0.6) is 5.75 Å². The molecule has 0 amide bonds. The third-order valence-corrected chi connectivity index (χ3v) is 5.67. The van der Waals surface area contributed by atoms with Gasteiger partial charge in [0.1, 0.15) is 11.6 Å². The quantitative estimate of drug-likeness (QED) is 0.564. The molecule has 0 saturated carbocycles. The summed E-state index contributed by atoms with van der Waals surface area (Å²) in [7, 11) is 1.60. The number of benzene rings is 2. The normalized spacial score (nSPS) is 14.5. The number of pyridine rings is 1. The molecule has 4 rings (SSSR count). The predicted molar refractivity (Wildman–Crippen MR) is 119 cm³/mol. The summed E-state index contributed by atoms with van der Waals surface area (Å²) < 4.78 is 10.9. The van der Waals surface area contributed by atoms with Gasteiger partial charge in [0.05, 0.1) is 32.2 Å². The summed E-state index contributed by atoms with van der Waals surface area (Å²) in [5.74, 6) is 0.632. The molecule has 1 fully saturated rings. The van der Waals surface area contributed by atoms with Gasteiger partial charge in [0.25, 0.3) is 0 Å². The minimum absolute atomic E-state index is 0.00683. The van der Waals surface area contributed by atoms with E-state index in [0.717, 1.165) is 22.5 Å². The zero-order chi connectivity index (χ0) is 21.8. The van der Waals surface area contributed by atoms with Crippen LogP contribution in [0.2, 0.25) is 0 Å². The van der Waals surface area contributed by atoms with Crippen LogP contribution in [0.4, 0.5) is 5.82 Å². The molecule has 31 heavy (non-hydrogen) atoms. The van der Waals surface area contributed by atoms with E-state index in [1.807, 2.05) is 36.5 Å². The van der Waals surface area contributed by atoms with Crippen molar-refractivity contribution in [2.45, 2.75) is 25.3 Å². The first-order valence-electron chi connectivity index (χ1n) is 10.2. The molecular formula is C25H26N2O4. The van der Waals surface area contributed by atoms with Crippen LogP contribution in [-0.2, 0) is 21.5 Å². The van der Waals surface area contributed by atoms with Crippen LogP contribution in [0.3, 0.4) is 0 Å². The molecule has 3 aromatic rings. The van der Waals surface area contributed by atoms with Crippen LogP contribution in [0.15, 0.2) is 60.8 Å². The van der Waals surface area contributed by atoms with Gasteiger partial charge in [-0.1, -0.05) is 35.9 Å². The van der Waals surface area contributed by atoms with Crippen LogP contribution in [0.25, 0.3) is 11.1 Å². The van der Waals surface area contributed by atoms with Crippen molar-refractivity contribution in [3.63, 3.8) is 0 Å². The first-order valence-corrected chi connectivity index (χ1v) is 10.2. The summed E-state index contributed by atoms with van der Waals surface area (Å²) in [6, 6.07) is 18.2. The number of aromatic nitrogens is 1. The number of hydrogen-bond donors (Lipinski definition) is 2. The monoisotopic (exact) mass is 418 g/mol. The number of ether oxygens (including phenoxy) is 2. The third kappa shape index (κ3) is 4.54. The highest BCUT2D eigenvalue weighted by Gasteiger charge is 2.44. The molecule has 2 N–H and O–H groups in total. The fourth-order valence-corrected chi connectivity index (χ4v) is 3.98. The zero-order valence-corrected chi connectivity index (χ0v) is 17.7. The highest BCUT2D eigenvalue weighted by molar-refractivity contribution is 5.72. The smallest absolute Gasteiger partial charge is 0.304 e. The van der Waals surface area contributed by atoms with Gasteiger partial charge in [-0.15, -0.1) is 0 Å². The average molecular weight is 418 g/mol. The van der Waals surface area contributed by atoms with Gasteiger partial charge in [0.2, 0.25) is 0 Å². The van der Waals surface area contributed by atoms with E-state index in [-0.39, 0.29) is 6.42 Å². The number of aliphatic carboxylic acids is 1. The number of methoxy groups -OCH3 is 1. The van der Waals surface area contributed by atoms with E-state index in [0.29, 0.717) is 25.5 Å². The van der Waals surface area contributed by atoms with Gasteiger partial charge in [-0.25, -0.2) is 4.98 Å². The average Bonchev–Trinajstić information content (AvgIpc) is 2.75. The molecule has 0 spiro atoms. The molecule has 2 aromatic carbocycles. The number of hydrogen-bond acceptors (Lipinski definition) is 5. The molecule has 160 valence electrons. The van der Waals surface area contributed by atoms with E-state index < -0.39 is 11.4 Å². The Labute approximate surface area is 181 Å². The number of carboxylic acids is 1. The number of anilines is 1. The van der Waals surface area contributed by atoms with Crippen LogP contribution < -0.4 is 10.1 Å². The van der Waals surface area contributed by atoms with E-state index in [2.05, 4.69) is 41.5 Å². The van der Waals surface area contributed by atoms with Crippen molar-refractivity contribution < 1.29 is 19.4 Å². The number of nitrogens with zero attached hydrogens (tertiary/aromatic N) is 1. The Morgan fingerprint density at radius 1 is 1.16 bits per heavy atom. The lowest BCUT2D eigenvalue weighted by molar-refractivity contribution is -0.145. The van der Waals surface area contributed by atoms with Crippen LogP contribution in [0.1, 0.15) is 23.1 Å². The SMILES string of the molecule is COc1ccc(-c2ccc(NCc3cccc(C)c3)nc2)cc1C1(CC(=O)O)COC1. The standard InChI is InChI=1S/C25H26N2O4/c1-17-4-3-5-18(10-17)13-26-23-9-7-20(14-27-23)19-6-8-22(30-2)21(11-19)25(12-24(28)29)15-31-16-25/h3-11,14H,12-13,15-16H2,1-2H3,(H,26,27)(H,28,29). The summed E-state index contributed by atoms with van der Waals surface area (Å²) in [5.41, 5.74) is 4.66.